The van der Waals surface area contributed by atoms with Crippen molar-refractivity contribution < 1.29 is 14.6 Å². The number of nitrogens with one attached hydrogen (secondary N) is 1. The molecule has 6 heteroatoms. The van der Waals surface area contributed by atoms with Crippen molar-refractivity contribution in [3.05, 3.63) is 42.2 Å². The van der Waals surface area contributed by atoms with Crippen LogP contribution in [0.15, 0.2) is 36.7 Å². The lowest BCUT2D eigenvalue weighted by molar-refractivity contribution is 0.0935. The minimum atomic E-state index is -0.248. The van der Waals surface area contributed by atoms with Crippen molar-refractivity contribution in [1.29, 1.82) is 0 Å². The summed E-state index contributed by atoms with van der Waals surface area (Å²) in [4.78, 5) is 12.0. The van der Waals surface area contributed by atoms with Gasteiger partial charge in [-0.1, -0.05) is 0 Å². The number of ether oxygens (including phenoxy) is 1. The molecule has 1 aromatic carbocycles. The highest BCUT2D eigenvalue weighted by Crippen LogP contribution is 2.26. The van der Waals surface area contributed by atoms with Crippen LogP contribution in [0, 0.1) is 0 Å². The largest absolute Gasteiger partial charge is 0.504 e. The maximum Gasteiger partial charge on any atom is 0.251 e. The molecule has 1 aromatic heterocycles. The topological polar surface area (TPSA) is 76.4 Å². The van der Waals surface area contributed by atoms with E-state index in [-0.39, 0.29) is 17.7 Å². The number of rotatable bonds is 5. The van der Waals surface area contributed by atoms with Crippen LogP contribution < -0.4 is 10.1 Å². The quantitative estimate of drug-likeness (QED) is 0.865. The maximum atomic E-state index is 12.0. The Labute approximate surface area is 117 Å². The van der Waals surface area contributed by atoms with E-state index in [0.29, 0.717) is 17.9 Å². The van der Waals surface area contributed by atoms with Gasteiger partial charge in [0.15, 0.2) is 11.5 Å². The average Bonchev–Trinajstić information content (AvgIpc) is 2.91. The lowest BCUT2D eigenvalue weighted by Crippen LogP contribution is -2.35. The third kappa shape index (κ3) is 3.28. The van der Waals surface area contributed by atoms with E-state index < -0.39 is 0 Å². The number of nitrogens with zero attached hydrogens (tertiary/aromatic N) is 2. The Balaban J connectivity index is 1.99. The maximum absolute atomic E-state index is 12.0. The lowest BCUT2D eigenvalue weighted by Gasteiger charge is -2.14. The SMILES string of the molecule is COc1ccc(C(=O)NC(C)Cn2cccn2)cc1O. The van der Waals surface area contributed by atoms with Crippen LogP contribution in [0.2, 0.25) is 0 Å². The van der Waals surface area contributed by atoms with Gasteiger partial charge in [0.05, 0.1) is 13.7 Å². The second-order valence-corrected chi connectivity index (χ2v) is 4.49. The van der Waals surface area contributed by atoms with Crippen LogP contribution >= 0.6 is 0 Å². The first kappa shape index (κ1) is 13.9. The molecule has 0 saturated carbocycles. The minimum absolute atomic E-state index is 0.0557. The van der Waals surface area contributed by atoms with Gasteiger partial charge in [0.2, 0.25) is 0 Å². The first-order valence-electron chi connectivity index (χ1n) is 6.25. The van der Waals surface area contributed by atoms with Gasteiger partial charge in [-0.25, -0.2) is 0 Å². The van der Waals surface area contributed by atoms with Crippen molar-refractivity contribution in [1.82, 2.24) is 15.1 Å². The monoisotopic (exact) mass is 275 g/mol. The summed E-state index contributed by atoms with van der Waals surface area (Å²) in [6.45, 7) is 2.48. The summed E-state index contributed by atoms with van der Waals surface area (Å²) in [5.74, 6) is 0.0358. The molecule has 1 amide bonds. The summed E-state index contributed by atoms with van der Waals surface area (Å²) in [7, 11) is 1.46. The first-order chi connectivity index (χ1) is 9.60. The van der Waals surface area contributed by atoms with E-state index in [2.05, 4.69) is 10.4 Å². The van der Waals surface area contributed by atoms with E-state index in [1.165, 1.54) is 13.2 Å². The molecular weight excluding hydrogens is 258 g/mol. The molecule has 20 heavy (non-hydrogen) atoms. The number of phenolic OH excluding ortho intramolecular Hbond substituents is 1. The van der Waals surface area contributed by atoms with Gasteiger partial charge in [-0.2, -0.15) is 5.10 Å². The van der Waals surface area contributed by atoms with Gasteiger partial charge in [0.1, 0.15) is 0 Å². The van der Waals surface area contributed by atoms with Crippen molar-refractivity contribution in [2.75, 3.05) is 7.11 Å². The van der Waals surface area contributed by atoms with E-state index in [1.807, 2.05) is 19.2 Å². The number of carbonyl (C=O) groups is 1. The van der Waals surface area contributed by atoms with Crippen LogP contribution in [-0.4, -0.2) is 33.9 Å². The van der Waals surface area contributed by atoms with Crippen molar-refractivity contribution >= 4 is 5.91 Å². The molecule has 2 rings (SSSR count). The number of carbonyl (C=O) groups excluding carboxylic acids is 1. The van der Waals surface area contributed by atoms with Gasteiger partial charge in [-0.15, -0.1) is 0 Å². The predicted octanol–water partition coefficient (Wildman–Crippen LogP) is 1.42. The molecule has 0 spiro atoms. The Morgan fingerprint density at radius 3 is 2.95 bits per heavy atom. The highest BCUT2D eigenvalue weighted by molar-refractivity contribution is 5.95. The van der Waals surface area contributed by atoms with Crippen molar-refractivity contribution in [3.63, 3.8) is 0 Å². The Kier molecular flexibility index (Phi) is 4.24. The number of methoxy groups -OCH3 is 1. The lowest BCUT2D eigenvalue weighted by atomic mass is 10.1. The highest BCUT2D eigenvalue weighted by atomic mass is 16.5. The van der Waals surface area contributed by atoms with Crippen LogP contribution in [0.3, 0.4) is 0 Å². The van der Waals surface area contributed by atoms with E-state index in [0.717, 1.165) is 0 Å². The molecule has 2 N–H and O–H groups in total. The molecule has 1 heterocycles. The molecule has 0 saturated heterocycles. The van der Waals surface area contributed by atoms with Crippen LogP contribution in [0.1, 0.15) is 17.3 Å². The van der Waals surface area contributed by atoms with Crippen molar-refractivity contribution in [3.8, 4) is 11.5 Å². The summed E-state index contributed by atoms with van der Waals surface area (Å²) in [6, 6.07) is 6.30. The Bertz CT molecular complexity index is 581. The molecule has 0 aliphatic heterocycles. The molecule has 2 aromatic rings. The zero-order valence-corrected chi connectivity index (χ0v) is 11.4. The van der Waals surface area contributed by atoms with Gasteiger partial charge in [-0.05, 0) is 31.2 Å². The minimum Gasteiger partial charge on any atom is -0.504 e. The summed E-state index contributed by atoms with van der Waals surface area (Å²) in [5.41, 5.74) is 0.385. The number of phenols is 1. The fourth-order valence-electron chi connectivity index (χ4n) is 1.87. The Hall–Kier alpha value is -2.50. The number of hydrogen-bond acceptors (Lipinski definition) is 4. The predicted molar refractivity (Wildman–Crippen MR) is 73.8 cm³/mol. The summed E-state index contributed by atoms with van der Waals surface area (Å²) in [6.07, 6.45) is 3.53. The third-order valence-electron chi connectivity index (χ3n) is 2.84. The number of benzene rings is 1. The fourth-order valence-corrected chi connectivity index (χ4v) is 1.87. The van der Waals surface area contributed by atoms with Gasteiger partial charge in [0, 0.05) is 24.0 Å². The zero-order valence-electron chi connectivity index (χ0n) is 11.4. The fraction of sp³-hybridized carbons (Fsp3) is 0.286. The van der Waals surface area contributed by atoms with Crippen LogP contribution in [0.5, 0.6) is 11.5 Å². The highest BCUT2D eigenvalue weighted by Gasteiger charge is 2.12. The number of amides is 1. The van der Waals surface area contributed by atoms with Gasteiger partial charge in [-0.3, -0.25) is 9.48 Å². The zero-order chi connectivity index (χ0) is 14.5. The van der Waals surface area contributed by atoms with E-state index in [9.17, 15) is 9.90 Å². The number of aromatic nitrogens is 2. The smallest absolute Gasteiger partial charge is 0.251 e. The average molecular weight is 275 g/mol. The molecule has 106 valence electrons. The van der Waals surface area contributed by atoms with Gasteiger partial charge < -0.3 is 15.2 Å². The van der Waals surface area contributed by atoms with Crippen molar-refractivity contribution in [2.45, 2.75) is 19.5 Å². The molecule has 0 bridgehead atoms. The molecule has 1 unspecified atom stereocenters. The standard InChI is InChI=1S/C14H17N3O3/c1-10(9-17-7-3-6-15-17)16-14(19)11-4-5-13(20-2)12(18)8-11/h3-8,10,18H,9H2,1-2H3,(H,16,19). The van der Waals surface area contributed by atoms with Crippen LogP contribution in [0.25, 0.3) is 0 Å². The van der Waals surface area contributed by atoms with Gasteiger partial charge >= 0.3 is 0 Å². The first-order valence-corrected chi connectivity index (χ1v) is 6.25. The van der Waals surface area contributed by atoms with E-state index in [1.54, 1.807) is 23.0 Å². The van der Waals surface area contributed by atoms with Gasteiger partial charge in [0.25, 0.3) is 5.91 Å². The summed E-state index contributed by atoms with van der Waals surface area (Å²) >= 11 is 0. The molecule has 0 fully saturated rings. The molecule has 0 radical (unpaired) electrons. The Morgan fingerprint density at radius 1 is 1.55 bits per heavy atom. The summed E-state index contributed by atoms with van der Waals surface area (Å²) in [5, 5.41) is 16.6. The number of hydrogen-bond donors (Lipinski definition) is 2. The summed E-state index contributed by atoms with van der Waals surface area (Å²) < 4.78 is 6.68. The Morgan fingerprint density at radius 2 is 2.35 bits per heavy atom. The second-order valence-electron chi connectivity index (χ2n) is 4.49. The van der Waals surface area contributed by atoms with E-state index >= 15 is 0 Å². The molecular formula is C14H17N3O3. The third-order valence-corrected chi connectivity index (χ3v) is 2.84. The normalized spacial score (nSPS) is 11.9. The molecule has 0 aliphatic carbocycles. The number of aromatic hydroxyl groups is 1. The van der Waals surface area contributed by atoms with Crippen LogP contribution in [-0.2, 0) is 6.54 Å². The van der Waals surface area contributed by atoms with E-state index in [4.69, 9.17) is 4.74 Å². The molecule has 0 aliphatic rings. The molecule has 6 nitrogen and oxygen atoms in total. The van der Waals surface area contributed by atoms with Crippen molar-refractivity contribution in [2.24, 2.45) is 0 Å². The second kappa shape index (κ2) is 6.10. The van der Waals surface area contributed by atoms with Crippen LogP contribution in [0.4, 0.5) is 0 Å². The molecule has 1 atom stereocenters.